The zero-order valence-electron chi connectivity index (χ0n) is 11.5. The molecule has 0 aliphatic rings. The second-order valence-corrected chi connectivity index (χ2v) is 6.38. The predicted molar refractivity (Wildman–Crippen MR) is 88.1 cm³/mol. The minimum absolute atomic E-state index is 0.321. The molecule has 6 nitrogen and oxygen atoms in total. The summed E-state index contributed by atoms with van der Waals surface area (Å²) in [4.78, 5) is 18.6. The van der Waals surface area contributed by atoms with E-state index in [2.05, 4.69) is 15.0 Å². The first-order valence-electron chi connectivity index (χ1n) is 6.32. The standard InChI is InChI=1S/C14H12N4O2S2/c15-18-17-12-6-4-11(5-7-12)14(19)20-9-10-21-22-13-3-1-2-8-16-13/h1-8H,9-10H2. The number of hydrogen-bond donors (Lipinski definition) is 0. The number of carbonyl (C=O) groups is 1. The van der Waals surface area contributed by atoms with Gasteiger partial charge in [0.25, 0.3) is 0 Å². The number of hydrogen-bond acceptors (Lipinski definition) is 6. The van der Waals surface area contributed by atoms with Gasteiger partial charge in [-0.25, -0.2) is 9.78 Å². The van der Waals surface area contributed by atoms with Crippen LogP contribution in [0, 0.1) is 0 Å². The van der Waals surface area contributed by atoms with Crippen molar-refractivity contribution in [3.8, 4) is 0 Å². The van der Waals surface area contributed by atoms with E-state index in [-0.39, 0.29) is 0 Å². The zero-order chi connectivity index (χ0) is 15.6. The van der Waals surface area contributed by atoms with Crippen molar-refractivity contribution in [2.75, 3.05) is 12.4 Å². The van der Waals surface area contributed by atoms with Crippen molar-refractivity contribution >= 4 is 33.2 Å². The molecule has 1 heterocycles. The van der Waals surface area contributed by atoms with Crippen molar-refractivity contribution in [2.45, 2.75) is 5.03 Å². The Morgan fingerprint density at radius 2 is 2.09 bits per heavy atom. The number of aromatic nitrogens is 1. The van der Waals surface area contributed by atoms with Crippen LogP contribution < -0.4 is 0 Å². The number of rotatable bonds is 7. The third kappa shape index (κ3) is 5.33. The molecule has 112 valence electrons. The van der Waals surface area contributed by atoms with Crippen molar-refractivity contribution in [2.24, 2.45) is 5.11 Å². The molecule has 1 aromatic heterocycles. The SMILES string of the molecule is [N-]=[N+]=Nc1ccc(C(=O)OCCSSc2ccccn2)cc1. The van der Waals surface area contributed by atoms with Crippen LogP contribution in [0.25, 0.3) is 10.4 Å². The van der Waals surface area contributed by atoms with Gasteiger partial charge in [0.15, 0.2) is 0 Å². The summed E-state index contributed by atoms with van der Waals surface area (Å²) in [6, 6.07) is 12.0. The van der Waals surface area contributed by atoms with E-state index < -0.39 is 5.97 Å². The molecular formula is C14H12N4O2S2. The van der Waals surface area contributed by atoms with Crippen LogP contribution in [-0.4, -0.2) is 23.3 Å². The quantitative estimate of drug-likeness (QED) is 0.184. The lowest BCUT2D eigenvalue weighted by atomic mass is 10.2. The summed E-state index contributed by atoms with van der Waals surface area (Å²) >= 11 is 0. The van der Waals surface area contributed by atoms with Crippen LogP contribution in [0.4, 0.5) is 5.69 Å². The van der Waals surface area contributed by atoms with Gasteiger partial charge < -0.3 is 4.74 Å². The maximum absolute atomic E-state index is 11.8. The van der Waals surface area contributed by atoms with Gasteiger partial charge in [0.2, 0.25) is 0 Å². The molecule has 1 aromatic carbocycles. The Morgan fingerprint density at radius 3 is 2.77 bits per heavy atom. The number of carbonyl (C=O) groups excluding carboxylic acids is 1. The van der Waals surface area contributed by atoms with E-state index in [0.717, 1.165) is 5.03 Å². The van der Waals surface area contributed by atoms with Gasteiger partial charge in [0, 0.05) is 22.5 Å². The number of pyridine rings is 1. The number of nitrogens with zero attached hydrogens (tertiary/aromatic N) is 4. The highest BCUT2D eigenvalue weighted by Crippen LogP contribution is 2.28. The molecule has 0 aliphatic carbocycles. The third-order valence-electron chi connectivity index (χ3n) is 2.45. The molecule has 0 radical (unpaired) electrons. The van der Waals surface area contributed by atoms with Crippen LogP contribution in [0.15, 0.2) is 58.8 Å². The first-order valence-corrected chi connectivity index (χ1v) is 8.64. The number of benzene rings is 1. The summed E-state index contributed by atoms with van der Waals surface area (Å²) in [6.45, 7) is 0.321. The molecule has 0 aliphatic heterocycles. The highest BCUT2D eigenvalue weighted by Gasteiger charge is 2.06. The highest BCUT2D eigenvalue weighted by molar-refractivity contribution is 8.76. The summed E-state index contributed by atoms with van der Waals surface area (Å²) in [5, 5.41) is 4.36. The van der Waals surface area contributed by atoms with E-state index >= 15 is 0 Å². The van der Waals surface area contributed by atoms with Gasteiger partial charge in [-0.05, 0) is 40.6 Å². The zero-order valence-corrected chi connectivity index (χ0v) is 13.1. The normalized spacial score (nSPS) is 9.82. The lowest BCUT2D eigenvalue weighted by Crippen LogP contribution is -2.07. The fourth-order valence-corrected chi connectivity index (χ4v) is 3.17. The molecular weight excluding hydrogens is 320 g/mol. The summed E-state index contributed by atoms with van der Waals surface area (Å²) in [5.74, 6) is 0.278. The maximum atomic E-state index is 11.8. The first kappa shape index (κ1) is 16.2. The van der Waals surface area contributed by atoms with E-state index in [1.165, 1.54) is 0 Å². The van der Waals surface area contributed by atoms with E-state index in [1.54, 1.807) is 52.1 Å². The summed E-state index contributed by atoms with van der Waals surface area (Å²) in [7, 11) is 3.12. The van der Waals surface area contributed by atoms with Crippen molar-refractivity contribution < 1.29 is 9.53 Å². The molecule has 2 aromatic rings. The second-order valence-electron chi connectivity index (χ2n) is 3.95. The van der Waals surface area contributed by atoms with Gasteiger partial charge in [-0.2, -0.15) is 0 Å². The monoisotopic (exact) mass is 332 g/mol. The minimum Gasteiger partial charge on any atom is -0.461 e. The molecule has 2 rings (SSSR count). The Balaban J connectivity index is 1.70. The van der Waals surface area contributed by atoms with Crippen LogP contribution in [0.3, 0.4) is 0 Å². The predicted octanol–water partition coefficient (Wildman–Crippen LogP) is 4.62. The van der Waals surface area contributed by atoms with E-state index in [1.807, 2.05) is 18.2 Å². The van der Waals surface area contributed by atoms with Gasteiger partial charge in [-0.1, -0.05) is 34.1 Å². The Labute approximate surface area is 135 Å². The van der Waals surface area contributed by atoms with E-state index in [0.29, 0.717) is 23.6 Å². The van der Waals surface area contributed by atoms with E-state index in [9.17, 15) is 4.79 Å². The second kappa shape index (κ2) is 8.99. The van der Waals surface area contributed by atoms with Crippen LogP contribution in [0.1, 0.15) is 10.4 Å². The van der Waals surface area contributed by atoms with Crippen molar-refractivity contribution in [1.82, 2.24) is 4.98 Å². The number of azide groups is 1. The summed E-state index contributed by atoms with van der Waals surface area (Å²) < 4.78 is 5.17. The van der Waals surface area contributed by atoms with Gasteiger partial charge in [-0.15, -0.1) is 0 Å². The maximum Gasteiger partial charge on any atom is 0.338 e. The average Bonchev–Trinajstić information content (AvgIpc) is 2.56. The van der Waals surface area contributed by atoms with Crippen LogP contribution in [-0.2, 0) is 4.74 Å². The van der Waals surface area contributed by atoms with Crippen molar-refractivity contribution in [3.05, 3.63) is 64.7 Å². The Kier molecular flexibility index (Phi) is 6.63. The molecule has 0 spiro atoms. The van der Waals surface area contributed by atoms with Crippen LogP contribution in [0.2, 0.25) is 0 Å². The van der Waals surface area contributed by atoms with Gasteiger partial charge in [-0.3, -0.25) is 0 Å². The Hall–Kier alpha value is -2.15. The van der Waals surface area contributed by atoms with Gasteiger partial charge in [0.1, 0.15) is 11.6 Å². The van der Waals surface area contributed by atoms with E-state index in [4.69, 9.17) is 10.3 Å². The third-order valence-corrected chi connectivity index (χ3v) is 4.67. The average molecular weight is 332 g/mol. The molecule has 0 atom stereocenters. The largest absolute Gasteiger partial charge is 0.461 e. The molecule has 0 unspecified atom stereocenters. The minimum atomic E-state index is -0.393. The molecule has 0 saturated heterocycles. The molecule has 0 saturated carbocycles. The van der Waals surface area contributed by atoms with Crippen molar-refractivity contribution in [1.29, 1.82) is 0 Å². The summed E-state index contributed by atoms with van der Waals surface area (Å²) in [6.07, 6.45) is 1.74. The first-order chi connectivity index (χ1) is 10.8. The molecule has 0 fully saturated rings. The van der Waals surface area contributed by atoms with Crippen molar-refractivity contribution in [3.63, 3.8) is 0 Å². The lowest BCUT2D eigenvalue weighted by molar-refractivity contribution is 0.0530. The number of esters is 1. The Bertz CT molecular complexity index is 658. The van der Waals surface area contributed by atoms with Gasteiger partial charge >= 0.3 is 5.97 Å². The topological polar surface area (TPSA) is 88.0 Å². The Morgan fingerprint density at radius 1 is 1.27 bits per heavy atom. The van der Waals surface area contributed by atoms with Gasteiger partial charge in [0.05, 0.1) is 5.56 Å². The fourth-order valence-electron chi connectivity index (χ4n) is 1.47. The smallest absolute Gasteiger partial charge is 0.338 e. The van der Waals surface area contributed by atoms with Crippen LogP contribution >= 0.6 is 21.6 Å². The molecule has 8 heteroatoms. The highest BCUT2D eigenvalue weighted by atomic mass is 33.1. The number of ether oxygens (including phenoxy) is 1. The molecule has 0 amide bonds. The molecule has 0 N–H and O–H groups in total. The fraction of sp³-hybridized carbons (Fsp3) is 0.143. The summed E-state index contributed by atoms with van der Waals surface area (Å²) in [5.41, 5.74) is 9.19. The molecule has 0 bridgehead atoms. The lowest BCUT2D eigenvalue weighted by Gasteiger charge is -2.04. The molecule has 22 heavy (non-hydrogen) atoms. The van der Waals surface area contributed by atoms with Crippen LogP contribution in [0.5, 0.6) is 0 Å².